The third-order valence-corrected chi connectivity index (χ3v) is 2.49. The summed E-state index contributed by atoms with van der Waals surface area (Å²) in [5.74, 6) is -1.01. The molecule has 0 bridgehead atoms. The standard InChI is InChI=1S/C13H14N2O4/c1-3-18-11(16)8-15-13(17)19-12(14-15)10-6-4-9(2)5-7-10/h4-7H,3,8H2,1-2H3. The molecule has 6 nitrogen and oxygen atoms in total. The first-order valence-corrected chi connectivity index (χ1v) is 5.90. The van der Waals surface area contributed by atoms with E-state index in [0.717, 1.165) is 10.2 Å². The Kier molecular flexibility index (Phi) is 3.79. The molecule has 0 unspecified atom stereocenters. The maximum Gasteiger partial charge on any atom is 0.437 e. The Morgan fingerprint density at radius 3 is 2.68 bits per heavy atom. The molecule has 0 aliphatic heterocycles. The van der Waals surface area contributed by atoms with E-state index in [1.54, 1.807) is 19.1 Å². The van der Waals surface area contributed by atoms with Gasteiger partial charge in [0.2, 0.25) is 5.89 Å². The first-order chi connectivity index (χ1) is 9.10. The van der Waals surface area contributed by atoms with Gasteiger partial charge in [0, 0.05) is 5.56 Å². The summed E-state index contributed by atoms with van der Waals surface area (Å²) < 4.78 is 10.7. The monoisotopic (exact) mass is 262 g/mol. The quantitative estimate of drug-likeness (QED) is 0.778. The molecule has 0 aliphatic rings. The van der Waals surface area contributed by atoms with E-state index in [9.17, 15) is 9.59 Å². The van der Waals surface area contributed by atoms with Gasteiger partial charge in [-0.05, 0) is 26.0 Å². The molecule has 19 heavy (non-hydrogen) atoms. The van der Waals surface area contributed by atoms with E-state index in [0.29, 0.717) is 5.56 Å². The van der Waals surface area contributed by atoms with Crippen molar-refractivity contribution in [2.45, 2.75) is 20.4 Å². The molecule has 0 spiro atoms. The maximum absolute atomic E-state index is 11.5. The van der Waals surface area contributed by atoms with Crippen LogP contribution in [-0.2, 0) is 16.1 Å². The number of ether oxygens (including phenoxy) is 1. The Morgan fingerprint density at radius 1 is 1.37 bits per heavy atom. The van der Waals surface area contributed by atoms with Crippen LogP contribution in [0.3, 0.4) is 0 Å². The third kappa shape index (κ3) is 3.09. The van der Waals surface area contributed by atoms with Crippen LogP contribution < -0.4 is 5.76 Å². The Bertz CT molecular complexity index is 625. The van der Waals surface area contributed by atoms with E-state index in [4.69, 9.17) is 9.15 Å². The average Bonchev–Trinajstić information content (AvgIpc) is 2.72. The lowest BCUT2D eigenvalue weighted by Gasteiger charge is -1.99. The van der Waals surface area contributed by atoms with Crippen LogP contribution in [0.2, 0.25) is 0 Å². The number of hydrogen-bond acceptors (Lipinski definition) is 5. The van der Waals surface area contributed by atoms with Crippen LogP contribution in [0.5, 0.6) is 0 Å². The van der Waals surface area contributed by atoms with E-state index < -0.39 is 11.7 Å². The van der Waals surface area contributed by atoms with Crippen molar-refractivity contribution in [3.8, 4) is 11.5 Å². The average molecular weight is 262 g/mol. The SMILES string of the molecule is CCOC(=O)Cn1nc(-c2ccc(C)cc2)oc1=O. The highest BCUT2D eigenvalue weighted by molar-refractivity contribution is 5.69. The molecule has 1 heterocycles. The van der Waals surface area contributed by atoms with Crippen LogP contribution >= 0.6 is 0 Å². The molecule has 0 saturated heterocycles. The number of carbonyl (C=O) groups is 1. The summed E-state index contributed by atoms with van der Waals surface area (Å²) in [5.41, 5.74) is 1.78. The fraction of sp³-hybridized carbons (Fsp3) is 0.308. The van der Waals surface area contributed by atoms with E-state index in [1.165, 1.54) is 0 Å². The minimum absolute atomic E-state index is 0.189. The van der Waals surface area contributed by atoms with Crippen molar-refractivity contribution in [1.82, 2.24) is 9.78 Å². The third-order valence-electron chi connectivity index (χ3n) is 2.49. The summed E-state index contributed by atoms with van der Waals surface area (Å²) in [7, 11) is 0. The van der Waals surface area contributed by atoms with Crippen LogP contribution in [0.25, 0.3) is 11.5 Å². The van der Waals surface area contributed by atoms with Gasteiger partial charge in [0.05, 0.1) is 6.61 Å². The molecule has 0 aliphatic carbocycles. The van der Waals surface area contributed by atoms with E-state index in [-0.39, 0.29) is 19.0 Å². The van der Waals surface area contributed by atoms with Gasteiger partial charge in [-0.15, -0.1) is 5.10 Å². The molecule has 1 aromatic carbocycles. The summed E-state index contributed by atoms with van der Waals surface area (Å²) in [5, 5.41) is 3.97. The summed E-state index contributed by atoms with van der Waals surface area (Å²) in [6.45, 7) is 3.67. The maximum atomic E-state index is 11.5. The van der Waals surface area contributed by atoms with Crippen LogP contribution in [-0.4, -0.2) is 22.4 Å². The van der Waals surface area contributed by atoms with Crippen molar-refractivity contribution in [2.24, 2.45) is 0 Å². The van der Waals surface area contributed by atoms with Crippen molar-refractivity contribution >= 4 is 5.97 Å². The van der Waals surface area contributed by atoms with Gasteiger partial charge in [-0.3, -0.25) is 4.79 Å². The van der Waals surface area contributed by atoms with E-state index in [2.05, 4.69) is 5.10 Å². The largest absolute Gasteiger partial charge is 0.465 e. The van der Waals surface area contributed by atoms with Gasteiger partial charge in [-0.1, -0.05) is 17.7 Å². The number of hydrogen-bond donors (Lipinski definition) is 0. The number of aryl methyl sites for hydroxylation is 1. The van der Waals surface area contributed by atoms with Crippen molar-refractivity contribution in [2.75, 3.05) is 6.61 Å². The zero-order valence-corrected chi connectivity index (χ0v) is 10.8. The molecule has 1 aromatic heterocycles. The molecule has 0 saturated carbocycles. The van der Waals surface area contributed by atoms with Gasteiger partial charge >= 0.3 is 11.7 Å². The van der Waals surface area contributed by atoms with E-state index in [1.807, 2.05) is 19.1 Å². The highest BCUT2D eigenvalue weighted by Crippen LogP contribution is 2.15. The zero-order chi connectivity index (χ0) is 13.8. The molecule has 2 rings (SSSR count). The molecule has 0 atom stereocenters. The highest BCUT2D eigenvalue weighted by atomic mass is 16.5. The highest BCUT2D eigenvalue weighted by Gasteiger charge is 2.13. The fourth-order valence-electron chi connectivity index (χ4n) is 1.55. The molecule has 0 N–H and O–H groups in total. The second kappa shape index (κ2) is 5.51. The van der Waals surface area contributed by atoms with Gasteiger partial charge in [0.1, 0.15) is 6.54 Å². The van der Waals surface area contributed by atoms with Gasteiger partial charge < -0.3 is 9.15 Å². The molecule has 0 fully saturated rings. The smallest absolute Gasteiger partial charge is 0.437 e. The second-order valence-corrected chi connectivity index (χ2v) is 4.00. The van der Waals surface area contributed by atoms with Crippen molar-refractivity contribution in [1.29, 1.82) is 0 Å². The van der Waals surface area contributed by atoms with Crippen LogP contribution in [0, 0.1) is 6.92 Å². The number of rotatable bonds is 4. The first-order valence-electron chi connectivity index (χ1n) is 5.90. The lowest BCUT2D eigenvalue weighted by atomic mass is 10.1. The molecule has 6 heteroatoms. The van der Waals surface area contributed by atoms with Gasteiger partial charge in [0.25, 0.3) is 0 Å². The topological polar surface area (TPSA) is 74.3 Å². The van der Waals surface area contributed by atoms with Gasteiger partial charge in [-0.2, -0.15) is 4.68 Å². The summed E-state index contributed by atoms with van der Waals surface area (Å²) >= 11 is 0. The predicted molar refractivity (Wildman–Crippen MR) is 67.6 cm³/mol. The van der Waals surface area contributed by atoms with Crippen LogP contribution in [0.1, 0.15) is 12.5 Å². The fourth-order valence-corrected chi connectivity index (χ4v) is 1.55. The first kappa shape index (κ1) is 13.1. The molecular weight excluding hydrogens is 248 g/mol. The Labute approximate surface area is 109 Å². The molecule has 0 radical (unpaired) electrons. The number of aromatic nitrogens is 2. The van der Waals surface area contributed by atoms with Crippen molar-refractivity contribution < 1.29 is 13.9 Å². The minimum Gasteiger partial charge on any atom is -0.465 e. The molecule has 2 aromatic rings. The van der Waals surface area contributed by atoms with Gasteiger partial charge in [-0.25, -0.2) is 4.79 Å². The number of benzene rings is 1. The van der Waals surface area contributed by atoms with Crippen LogP contribution in [0.15, 0.2) is 33.5 Å². The number of nitrogens with zero attached hydrogens (tertiary/aromatic N) is 2. The summed E-state index contributed by atoms with van der Waals surface area (Å²) in [6, 6.07) is 7.38. The number of esters is 1. The van der Waals surface area contributed by atoms with Crippen molar-refractivity contribution in [3.63, 3.8) is 0 Å². The minimum atomic E-state index is -0.677. The Morgan fingerprint density at radius 2 is 2.05 bits per heavy atom. The van der Waals surface area contributed by atoms with Crippen LogP contribution in [0.4, 0.5) is 0 Å². The normalized spacial score (nSPS) is 10.4. The molecular formula is C13H14N2O4. The summed E-state index contributed by atoms with van der Waals surface area (Å²) in [4.78, 5) is 22.8. The number of carbonyl (C=O) groups excluding carboxylic acids is 1. The zero-order valence-electron chi connectivity index (χ0n) is 10.8. The summed E-state index contributed by atoms with van der Waals surface area (Å²) in [6.07, 6.45) is 0. The molecule has 100 valence electrons. The second-order valence-electron chi connectivity index (χ2n) is 4.00. The van der Waals surface area contributed by atoms with E-state index >= 15 is 0 Å². The lowest BCUT2D eigenvalue weighted by Crippen LogP contribution is -2.22. The predicted octanol–water partition coefficient (Wildman–Crippen LogP) is 1.37. The van der Waals surface area contributed by atoms with Crippen molar-refractivity contribution in [3.05, 3.63) is 40.4 Å². The van der Waals surface area contributed by atoms with Gasteiger partial charge in [0.15, 0.2) is 0 Å². The molecule has 0 amide bonds. The Hall–Kier alpha value is -2.37. The lowest BCUT2D eigenvalue weighted by molar-refractivity contribution is -0.144. The Balaban J connectivity index is 2.23.